The molecule has 2 atom stereocenters. The number of hydrogen-bond acceptors (Lipinski definition) is 3. The van der Waals surface area contributed by atoms with E-state index in [1.54, 1.807) is 0 Å². The molecule has 4 nitrogen and oxygen atoms in total. The van der Waals surface area contributed by atoms with Crippen LogP contribution in [-0.2, 0) is 4.79 Å². The van der Waals surface area contributed by atoms with Crippen molar-refractivity contribution in [3.05, 3.63) is 64.9 Å². The molecular weight excluding hydrogens is 329 g/mol. The van der Waals surface area contributed by atoms with Crippen LogP contribution in [0.5, 0.6) is 0 Å². The van der Waals surface area contributed by atoms with Crippen LogP contribution in [0.25, 0.3) is 0 Å². The Morgan fingerprint density at radius 3 is 2.71 bits per heavy atom. The van der Waals surface area contributed by atoms with Gasteiger partial charge in [0.15, 0.2) is 0 Å². The van der Waals surface area contributed by atoms with E-state index in [9.17, 15) is 9.18 Å². The SMILES string of the molecule is N[C@@H]1CN(CC(=O)Nc2ccc(F)cc2Cl)C[C@H]1c1ccccc1. The predicted molar refractivity (Wildman–Crippen MR) is 93.6 cm³/mol. The zero-order chi connectivity index (χ0) is 17.1. The van der Waals surface area contributed by atoms with Crippen LogP contribution in [-0.4, -0.2) is 36.5 Å². The third-order valence-corrected chi connectivity index (χ3v) is 4.55. The number of hydrogen-bond donors (Lipinski definition) is 2. The van der Waals surface area contributed by atoms with E-state index in [0.717, 1.165) is 6.54 Å². The second kappa shape index (κ2) is 7.30. The van der Waals surface area contributed by atoms with Crippen molar-refractivity contribution in [1.82, 2.24) is 4.90 Å². The summed E-state index contributed by atoms with van der Waals surface area (Å²) in [5.74, 6) is -0.410. The van der Waals surface area contributed by atoms with Gasteiger partial charge < -0.3 is 11.1 Å². The number of nitrogens with zero attached hydrogens (tertiary/aromatic N) is 1. The average molecular weight is 348 g/mol. The molecule has 1 amide bonds. The van der Waals surface area contributed by atoms with Crippen LogP contribution in [0.1, 0.15) is 11.5 Å². The molecule has 0 saturated carbocycles. The summed E-state index contributed by atoms with van der Waals surface area (Å²) in [4.78, 5) is 14.2. The normalized spacial score (nSPS) is 21.0. The maximum Gasteiger partial charge on any atom is 0.238 e. The lowest BCUT2D eigenvalue weighted by Gasteiger charge is -2.16. The fourth-order valence-electron chi connectivity index (χ4n) is 3.08. The standard InChI is InChI=1S/C18H19ClFN3O/c19-15-8-13(20)6-7-17(15)22-18(24)11-23-9-14(16(21)10-23)12-4-2-1-3-5-12/h1-8,14,16H,9-11,21H2,(H,22,24)/t14-,16+/m0/s1. The van der Waals surface area contributed by atoms with Crippen molar-refractivity contribution in [3.8, 4) is 0 Å². The van der Waals surface area contributed by atoms with E-state index in [0.29, 0.717) is 12.2 Å². The van der Waals surface area contributed by atoms with Gasteiger partial charge in [0.2, 0.25) is 5.91 Å². The summed E-state index contributed by atoms with van der Waals surface area (Å²) in [5.41, 5.74) is 7.83. The Bertz CT molecular complexity index is 725. The van der Waals surface area contributed by atoms with Gasteiger partial charge in [-0.25, -0.2) is 4.39 Å². The molecule has 0 aromatic heterocycles. The van der Waals surface area contributed by atoms with E-state index in [4.69, 9.17) is 17.3 Å². The van der Waals surface area contributed by atoms with E-state index < -0.39 is 5.82 Å². The molecule has 0 unspecified atom stereocenters. The molecule has 126 valence electrons. The van der Waals surface area contributed by atoms with Gasteiger partial charge in [-0.2, -0.15) is 0 Å². The highest BCUT2D eigenvalue weighted by Crippen LogP contribution is 2.26. The molecule has 1 saturated heterocycles. The highest BCUT2D eigenvalue weighted by atomic mass is 35.5. The molecule has 3 N–H and O–H groups in total. The minimum atomic E-state index is -0.436. The Balaban J connectivity index is 1.59. The van der Waals surface area contributed by atoms with Gasteiger partial charge >= 0.3 is 0 Å². The molecule has 1 aliphatic heterocycles. The van der Waals surface area contributed by atoms with Crippen molar-refractivity contribution in [3.63, 3.8) is 0 Å². The summed E-state index contributed by atoms with van der Waals surface area (Å²) < 4.78 is 13.0. The summed E-state index contributed by atoms with van der Waals surface area (Å²) in [6.45, 7) is 1.62. The summed E-state index contributed by atoms with van der Waals surface area (Å²) in [7, 11) is 0. The number of carbonyl (C=O) groups excluding carboxylic acids is 1. The molecule has 3 rings (SSSR count). The lowest BCUT2D eigenvalue weighted by molar-refractivity contribution is -0.117. The number of anilines is 1. The maximum atomic E-state index is 13.0. The minimum Gasteiger partial charge on any atom is -0.326 e. The largest absolute Gasteiger partial charge is 0.326 e. The van der Waals surface area contributed by atoms with E-state index in [2.05, 4.69) is 17.4 Å². The zero-order valence-electron chi connectivity index (χ0n) is 13.1. The first-order valence-electron chi connectivity index (χ1n) is 7.80. The Morgan fingerprint density at radius 1 is 1.25 bits per heavy atom. The number of amides is 1. The third kappa shape index (κ3) is 3.93. The van der Waals surface area contributed by atoms with E-state index >= 15 is 0 Å². The van der Waals surface area contributed by atoms with Crippen molar-refractivity contribution in [2.24, 2.45) is 5.73 Å². The fourth-order valence-corrected chi connectivity index (χ4v) is 3.29. The summed E-state index contributed by atoms with van der Waals surface area (Å²) in [6, 6.07) is 14.0. The second-order valence-corrected chi connectivity index (χ2v) is 6.45. The molecule has 1 fully saturated rings. The monoisotopic (exact) mass is 347 g/mol. The van der Waals surface area contributed by atoms with Crippen molar-refractivity contribution in [2.75, 3.05) is 25.0 Å². The van der Waals surface area contributed by atoms with Crippen LogP contribution >= 0.6 is 11.6 Å². The van der Waals surface area contributed by atoms with Crippen LogP contribution in [0.3, 0.4) is 0 Å². The Hall–Kier alpha value is -1.95. The zero-order valence-corrected chi connectivity index (χ0v) is 13.8. The molecule has 0 spiro atoms. The van der Waals surface area contributed by atoms with E-state index in [-0.39, 0.29) is 29.4 Å². The van der Waals surface area contributed by atoms with Gasteiger partial charge in [0.1, 0.15) is 5.82 Å². The van der Waals surface area contributed by atoms with Crippen LogP contribution in [0.2, 0.25) is 5.02 Å². The van der Waals surface area contributed by atoms with Crippen molar-refractivity contribution < 1.29 is 9.18 Å². The molecule has 1 heterocycles. The molecule has 2 aromatic rings. The third-order valence-electron chi connectivity index (χ3n) is 4.24. The number of nitrogens with two attached hydrogens (primary N) is 1. The lowest BCUT2D eigenvalue weighted by atomic mass is 9.95. The molecule has 0 radical (unpaired) electrons. The van der Waals surface area contributed by atoms with Gasteiger partial charge in [-0.3, -0.25) is 9.69 Å². The van der Waals surface area contributed by atoms with Gasteiger partial charge in [0.05, 0.1) is 17.3 Å². The summed E-state index contributed by atoms with van der Waals surface area (Å²) in [5, 5.41) is 2.90. The Morgan fingerprint density at radius 2 is 2.00 bits per heavy atom. The van der Waals surface area contributed by atoms with Gasteiger partial charge in [-0.05, 0) is 23.8 Å². The van der Waals surface area contributed by atoms with Gasteiger partial charge in [0, 0.05) is 25.0 Å². The van der Waals surface area contributed by atoms with Gasteiger partial charge in [0.25, 0.3) is 0 Å². The number of halogens is 2. The highest BCUT2D eigenvalue weighted by molar-refractivity contribution is 6.33. The summed E-state index contributed by atoms with van der Waals surface area (Å²) in [6.07, 6.45) is 0. The topological polar surface area (TPSA) is 58.4 Å². The Kier molecular flexibility index (Phi) is 5.14. The van der Waals surface area contributed by atoms with Gasteiger partial charge in [-0.1, -0.05) is 41.9 Å². The number of nitrogens with one attached hydrogen (secondary N) is 1. The molecule has 1 aliphatic rings. The molecule has 0 bridgehead atoms. The van der Waals surface area contributed by atoms with Crippen LogP contribution in [0, 0.1) is 5.82 Å². The summed E-state index contributed by atoms with van der Waals surface area (Å²) >= 11 is 5.93. The maximum absolute atomic E-state index is 13.0. The van der Waals surface area contributed by atoms with Crippen LogP contribution in [0.15, 0.2) is 48.5 Å². The van der Waals surface area contributed by atoms with E-state index in [1.807, 2.05) is 23.1 Å². The molecular formula is C18H19ClFN3O. The fraction of sp³-hybridized carbons (Fsp3) is 0.278. The number of carbonyl (C=O) groups is 1. The molecule has 6 heteroatoms. The van der Waals surface area contributed by atoms with Crippen LogP contribution in [0.4, 0.5) is 10.1 Å². The van der Waals surface area contributed by atoms with E-state index in [1.165, 1.54) is 23.8 Å². The highest BCUT2D eigenvalue weighted by Gasteiger charge is 2.32. The smallest absolute Gasteiger partial charge is 0.238 e. The first-order valence-corrected chi connectivity index (χ1v) is 8.18. The first-order chi connectivity index (χ1) is 11.5. The van der Waals surface area contributed by atoms with Crippen molar-refractivity contribution >= 4 is 23.2 Å². The number of rotatable bonds is 4. The number of likely N-dealkylation sites (tertiary alicyclic amines) is 1. The average Bonchev–Trinajstić information content (AvgIpc) is 2.91. The van der Waals surface area contributed by atoms with Crippen LogP contribution < -0.4 is 11.1 Å². The van der Waals surface area contributed by atoms with Crippen molar-refractivity contribution in [2.45, 2.75) is 12.0 Å². The molecule has 2 aromatic carbocycles. The second-order valence-electron chi connectivity index (χ2n) is 6.05. The van der Waals surface area contributed by atoms with Crippen molar-refractivity contribution in [1.29, 1.82) is 0 Å². The minimum absolute atomic E-state index is 0.00499. The predicted octanol–water partition coefficient (Wildman–Crippen LogP) is 2.84. The lowest BCUT2D eigenvalue weighted by Crippen LogP contribution is -2.33. The van der Waals surface area contributed by atoms with Gasteiger partial charge in [-0.15, -0.1) is 0 Å². The Labute approximate surface area is 145 Å². The number of benzene rings is 2. The molecule has 0 aliphatic carbocycles. The quantitative estimate of drug-likeness (QED) is 0.894. The molecule has 24 heavy (non-hydrogen) atoms. The first kappa shape index (κ1) is 16.9.